The highest BCUT2D eigenvalue weighted by Gasteiger charge is 2.29. The summed E-state index contributed by atoms with van der Waals surface area (Å²) in [6.07, 6.45) is 3.86. The number of piperidine rings is 2. The number of rotatable bonds is 0. The molecule has 3 aromatic rings. The van der Waals surface area contributed by atoms with Gasteiger partial charge in [0.1, 0.15) is 5.82 Å². The maximum absolute atomic E-state index is 13.0. The normalized spacial score (nSPS) is 22.3. The van der Waals surface area contributed by atoms with Gasteiger partial charge in [-0.05, 0) is 68.9 Å². The fourth-order valence-electron chi connectivity index (χ4n) is 5.54. The molecule has 0 spiro atoms. The van der Waals surface area contributed by atoms with Crippen molar-refractivity contribution >= 4 is 33.3 Å². The van der Waals surface area contributed by atoms with Gasteiger partial charge >= 0.3 is 0 Å². The molecule has 1 N–H and O–H groups in total. The predicted molar refractivity (Wildman–Crippen MR) is 138 cm³/mol. The Morgan fingerprint density at radius 1 is 1.03 bits per heavy atom. The first-order valence-corrected chi connectivity index (χ1v) is 13.2. The highest BCUT2D eigenvalue weighted by molar-refractivity contribution is 9.10. The van der Waals surface area contributed by atoms with Crippen LogP contribution < -0.4 is 15.1 Å². The molecule has 2 fully saturated rings. The third kappa shape index (κ3) is 4.53. The second-order valence-electron chi connectivity index (χ2n) is 9.89. The summed E-state index contributed by atoms with van der Waals surface area (Å²) in [4.78, 5) is 22.5. The number of benzene rings is 1. The first kappa shape index (κ1) is 22.5. The zero-order valence-electron chi connectivity index (χ0n) is 19.8. The maximum Gasteiger partial charge on any atom is 0.250 e. The Morgan fingerprint density at radius 2 is 1.86 bits per heavy atom. The zero-order valence-corrected chi connectivity index (χ0v) is 21.4. The number of aromatic nitrogens is 3. The van der Waals surface area contributed by atoms with Crippen LogP contribution in [0.5, 0.6) is 0 Å². The number of fused-ring (bicyclic) bond motifs is 4. The van der Waals surface area contributed by atoms with Gasteiger partial charge in [0.15, 0.2) is 0 Å². The molecule has 0 aliphatic carbocycles. The molecule has 0 saturated carbocycles. The molecule has 8 nitrogen and oxygen atoms in total. The van der Waals surface area contributed by atoms with E-state index in [-0.39, 0.29) is 11.8 Å². The molecule has 4 aliphatic heterocycles. The molecular weight excluding hydrogens is 508 g/mol. The molecule has 7 rings (SSSR count). The summed E-state index contributed by atoms with van der Waals surface area (Å²) in [7, 11) is 0. The first-order chi connectivity index (χ1) is 17.0. The lowest BCUT2D eigenvalue weighted by atomic mass is 9.93. The number of pyridine rings is 1. The van der Waals surface area contributed by atoms with Gasteiger partial charge < -0.3 is 19.5 Å². The minimum absolute atomic E-state index is 0.0523. The van der Waals surface area contributed by atoms with E-state index in [1.807, 2.05) is 31.2 Å². The van der Waals surface area contributed by atoms with Gasteiger partial charge in [-0.2, -0.15) is 0 Å². The van der Waals surface area contributed by atoms with Crippen molar-refractivity contribution in [3.05, 3.63) is 40.5 Å². The van der Waals surface area contributed by atoms with Crippen LogP contribution >= 0.6 is 15.9 Å². The van der Waals surface area contributed by atoms with Crippen LogP contribution in [0, 0.1) is 18.8 Å². The van der Waals surface area contributed by atoms with Gasteiger partial charge in [0, 0.05) is 54.4 Å². The lowest BCUT2D eigenvalue weighted by molar-refractivity contribution is -0.125. The van der Waals surface area contributed by atoms with Gasteiger partial charge in [-0.25, -0.2) is 4.98 Å². The average Bonchev–Trinajstić information content (AvgIpc) is 3.37. The van der Waals surface area contributed by atoms with Crippen LogP contribution in [-0.2, 0) is 4.79 Å². The molecule has 8 bridgehead atoms. The quantitative estimate of drug-likeness (QED) is 0.454. The summed E-state index contributed by atoms with van der Waals surface area (Å²) in [5.41, 5.74) is 3.74. The number of hydrogen-bond donors (Lipinski definition) is 1. The van der Waals surface area contributed by atoms with E-state index in [1.54, 1.807) is 0 Å². The first-order valence-electron chi connectivity index (χ1n) is 12.4. The number of halogens is 1. The van der Waals surface area contributed by atoms with Crippen LogP contribution in [-0.4, -0.2) is 53.8 Å². The lowest BCUT2D eigenvalue weighted by Crippen LogP contribution is -2.44. The third-order valence-electron chi connectivity index (χ3n) is 7.42. The Hall–Kier alpha value is -2.94. The summed E-state index contributed by atoms with van der Waals surface area (Å²) >= 11 is 3.62. The van der Waals surface area contributed by atoms with E-state index in [1.165, 1.54) is 0 Å². The highest BCUT2D eigenvalue weighted by Crippen LogP contribution is 2.37. The number of aryl methyl sites for hydroxylation is 1. The number of amides is 1. The van der Waals surface area contributed by atoms with E-state index in [0.29, 0.717) is 17.7 Å². The monoisotopic (exact) mass is 536 g/mol. The van der Waals surface area contributed by atoms with Crippen LogP contribution in [0.3, 0.4) is 0 Å². The van der Waals surface area contributed by atoms with Gasteiger partial charge in [0.05, 0.1) is 11.3 Å². The van der Waals surface area contributed by atoms with Crippen molar-refractivity contribution in [2.75, 3.05) is 42.5 Å². The second-order valence-corrected chi connectivity index (χ2v) is 10.8. The van der Waals surface area contributed by atoms with Crippen molar-refractivity contribution in [1.29, 1.82) is 0 Å². The number of anilines is 2. The second kappa shape index (κ2) is 9.26. The number of nitrogens with one attached hydrogen (secondary N) is 1. The molecular formula is C26H29BrN6O2. The summed E-state index contributed by atoms with van der Waals surface area (Å²) in [5.74, 6) is 2.58. The van der Waals surface area contributed by atoms with Gasteiger partial charge in [-0.15, -0.1) is 10.2 Å². The largest absolute Gasteiger partial charge is 0.416 e. The van der Waals surface area contributed by atoms with Crippen molar-refractivity contribution in [2.45, 2.75) is 32.6 Å². The predicted octanol–water partition coefficient (Wildman–Crippen LogP) is 4.43. The van der Waals surface area contributed by atoms with Crippen molar-refractivity contribution in [3.63, 3.8) is 0 Å². The lowest BCUT2D eigenvalue weighted by Gasteiger charge is -2.35. The summed E-state index contributed by atoms with van der Waals surface area (Å²) in [6, 6.07) is 10.2. The van der Waals surface area contributed by atoms with E-state index >= 15 is 0 Å². The topological polar surface area (TPSA) is 87.4 Å². The molecule has 1 aromatic carbocycles. The molecule has 2 aromatic heterocycles. The molecule has 182 valence electrons. The number of nitrogens with zero attached hydrogens (tertiary/aromatic N) is 5. The minimum Gasteiger partial charge on any atom is -0.416 e. The van der Waals surface area contributed by atoms with Gasteiger partial charge in [-0.1, -0.05) is 15.9 Å². The smallest absolute Gasteiger partial charge is 0.250 e. The Kier molecular flexibility index (Phi) is 5.96. The number of carbonyl (C=O) groups excluding carboxylic acids is 1. The fourth-order valence-corrected chi connectivity index (χ4v) is 5.89. The Labute approximate surface area is 213 Å². The Bertz CT molecular complexity index is 1250. The highest BCUT2D eigenvalue weighted by atomic mass is 79.9. The minimum atomic E-state index is 0.0523. The van der Waals surface area contributed by atoms with E-state index in [0.717, 1.165) is 91.2 Å². The van der Waals surface area contributed by atoms with Gasteiger partial charge in [-0.3, -0.25) is 4.79 Å². The molecule has 1 amide bonds. The van der Waals surface area contributed by atoms with E-state index in [2.05, 4.69) is 47.3 Å². The zero-order chi connectivity index (χ0) is 23.9. The molecule has 1 unspecified atom stereocenters. The summed E-state index contributed by atoms with van der Waals surface area (Å²) in [6.45, 7) is 6.17. The van der Waals surface area contributed by atoms with Crippen molar-refractivity contribution in [2.24, 2.45) is 11.8 Å². The molecule has 2 saturated heterocycles. The van der Waals surface area contributed by atoms with Crippen LogP contribution in [0.4, 0.5) is 11.5 Å². The summed E-state index contributed by atoms with van der Waals surface area (Å²) in [5, 5.41) is 12.1. The Balaban J connectivity index is 1.43. The number of hydrogen-bond acceptors (Lipinski definition) is 7. The van der Waals surface area contributed by atoms with Crippen molar-refractivity contribution in [3.8, 4) is 22.9 Å². The maximum atomic E-state index is 13.0. The van der Waals surface area contributed by atoms with Crippen LogP contribution in [0.25, 0.3) is 22.9 Å². The standard InChI is InChI=1S/C26H29BrN6O2/c1-16-11-19-12-23(29-16)33-8-2-3-17(15-33)14-28-24(34)18-6-9-32(10-7-18)22-13-20(27)4-5-21(22)26-31-30-25(19)35-26/h4-5,11-13,17-18H,2-3,6-10,14-15H2,1H3,(H,28,34). The SMILES string of the molecule is Cc1cc2cc(n1)N1CCCC(CNC(=O)C3CCN(CC3)c3cc(Br)ccc3-c3nnc-2o3)C1. The van der Waals surface area contributed by atoms with Crippen molar-refractivity contribution < 1.29 is 9.21 Å². The van der Waals surface area contributed by atoms with E-state index in [4.69, 9.17) is 9.40 Å². The van der Waals surface area contributed by atoms with E-state index in [9.17, 15) is 4.79 Å². The van der Waals surface area contributed by atoms with Crippen LogP contribution in [0.1, 0.15) is 31.4 Å². The average molecular weight is 537 g/mol. The van der Waals surface area contributed by atoms with Crippen LogP contribution in [0.15, 0.2) is 39.2 Å². The van der Waals surface area contributed by atoms with Gasteiger partial charge in [0.2, 0.25) is 17.7 Å². The number of carbonyl (C=O) groups is 1. The van der Waals surface area contributed by atoms with Crippen LogP contribution in [0.2, 0.25) is 0 Å². The van der Waals surface area contributed by atoms with Crippen molar-refractivity contribution in [1.82, 2.24) is 20.5 Å². The molecule has 9 heteroatoms. The van der Waals surface area contributed by atoms with E-state index < -0.39 is 0 Å². The molecule has 35 heavy (non-hydrogen) atoms. The third-order valence-corrected chi connectivity index (χ3v) is 7.91. The molecule has 1 atom stereocenters. The Morgan fingerprint density at radius 3 is 2.71 bits per heavy atom. The fraction of sp³-hybridized carbons (Fsp3) is 0.462. The molecule has 0 radical (unpaired) electrons. The van der Waals surface area contributed by atoms with Gasteiger partial charge in [0.25, 0.3) is 0 Å². The summed E-state index contributed by atoms with van der Waals surface area (Å²) < 4.78 is 7.23. The molecule has 6 heterocycles. The molecule has 4 aliphatic rings.